The molecule has 0 aromatic heterocycles. The minimum atomic E-state index is -0.375. The maximum Gasteiger partial charge on any atom is 0.264 e. The van der Waals surface area contributed by atoms with Crippen LogP contribution in [0.3, 0.4) is 0 Å². The number of piperidine rings is 1. The van der Waals surface area contributed by atoms with Crippen LogP contribution in [0.15, 0.2) is 11.2 Å². The van der Waals surface area contributed by atoms with E-state index in [2.05, 4.69) is 4.90 Å². The maximum atomic E-state index is 10.3. The van der Waals surface area contributed by atoms with Crippen molar-refractivity contribution in [3.8, 4) is 0 Å². The fraction of sp³-hybridized carbons (Fsp3) is 0.750. The highest BCUT2D eigenvalue weighted by Crippen LogP contribution is 2.21. The van der Waals surface area contributed by atoms with E-state index in [4.69, 9.17) is 0 Å². The smallest absolute Gasteiger partial charge is 0.264 e. The quantitative estimate of drug-likeness (QED) is 0.518. The molecule has 0 aromatic rings. The number of thioether (sulfide) groups is 1. The fourth-order valence-corrected chi connectivity index (χ4v) is 2.10. The minimum Gasteiger partial charge on any atom is -0.361 e. The van der Waals surface area contributed by atoms with E-state index in [1.807, 2.05) is 6.26 Å². The lowest BCUT2D eigenvalue weighted by Gasteiger charge is -2.28. The van der Waals surface area contributed by atoms with Crippen LogP contribution >= 0.6 is 11.8 Å². The van der Waals surface area contributed by atoms with Crippen molar-refractivity contribution < 1.29 is 4.92 Å². The largest absolute Gasteiger partial charge is 0.361 e. The third-order valence-electron chi connectivity index (χ3n) is 2.09. The molecule has 74 valence electrons. The summed E-state index contributed by atoms with van der Waals surface area (Å²) in [6, 6.07) is 0. The maximum absolute atomic E-state index is 10.3. The van der Waals surface area contributed by atoms with Crippen LogP contribution in [0.2, 0.25) is 0 Å². The molecule has 5 heteroatoms. The predicted molar refractivity (Wildman–Crippen MR) is 54.0 cm³/mol. The van der Waals surface area contributed by atoms with E-state index in [9.17, 15) is 10.1 Å². The first-order chi connectivity index (χ1) is 6.24. The van der Waals surface area contributed by atoms with Gasteiger partial charge in [-0.2, -0.15) is 0 Å². The Kier molecular flexibility index (Phi) is 4.08. The summed E-state index contributed by atoms with van der Waals surface area (Å²) in [4.78, 5) is 12.0. The molecule has 1 aliphatic heterocycles. The Morgan fingerprint density at radius 3 is 2.54 bits per heavy atom. The lowest BCUT2D eigenvalue weighted by atomic mass is 10.1. The van der Waals surface area contributed by atoms with Crippen LogP contribution in [0.1, 0.15) is 19.3 Å². The SMILES string of the molecule is CS/C(=C\[N+](=O)[O-])N1CCCCC1. The van der Waals surface area contributed by atoms with Gasteiger partial charge in [-0.05, 0) is 25.5 Å². The monoisotopic (exact) mass is 202 g/mol. The highest BCUT2D eigenvalue weighted by atomic mass is 32.2. The molecule has 4 nitrogen and oxygen atoms in total. The summed E-state index contributed by atoms with van der Waals surface area (Å²) in [6.45, 7) is 1.92. The van der Waals surface area contributed by atoms with Gasteiger partial charge in [-0.1, -0.05) is 0 Å². The molecule has 1 aliphatic rings. The zero-order valence-electron chi connectivity index (χ0n) is 7.73. The van der Waals surface area contributed by atoms with Gasteiger partial charge in [-0.25, -0.2) is 0 Å². The van der Waals surface area contributed by atoms with Crippen molar-refractivity contribution in [1.29, 1.82) is 0 Å². The Hall–Kier alpha value is -0.710. The molecule has 0 radical (unpaired) electrons. The normalized spacial score (nSPS) is 18.8. The van der Waals surface area contributed by atoms with Crippen LogP contribution in [-0.2, 0) is 0 Å². The Bertz CT molecular complexity index is 212. The van der Waals surface area contributed by atoms with Gasteiger partial charge in [0.25, 0.3) is 6.20 Å². The second kappa shape index (κ2) is 5.11. The van der Waals surface area contributed by atoms with Gasteiger partial charge in [0.2, 0.25) is 0 Å². The molecule has 1 heterocycles. The number of likely N-dealkylation sites (tertiary alicyclic amines) is 1. The van der Waals surface area contributed by atoms with E-state index in [-0.39, 0.29) is 4.92 Å². The van der Waals surface area contributed by atoms with E-state index in [1.165, 1.54) is 18.2 Å². The van der Waals surface area contributed by atoms with Gasteiger partial charge in [-0.15, -0.1) is 11.8 Å². The van der Waals surface area contributed by atoms with Gasteiger partial charge in [0.1, 0.15) is 5.03 Å². The third-order valence-corrected chi connectivity index (χ3v) is 2.87. The molecule has 0 saturated carbocycles. The number of nitrogens with zero attached hydrogens (tertiary/aromatic N) is 2. The Morgan fingerprint density at radius 1 is 1.46 bits per heavy atom. The highest BCUT2D eigenvalue weighted by molar-refractivity contribution is 8.02. The second-order valence-electron chi connectivity index (χ2n) is 3.00. The zero-order valence-corrected chi connectivity index (χ0v) is 8.55. The molecule has 1 rings (SSSR count). The molecule has 0 spiro atoms. The zero-order chi connectivity index (χ0) is 9.68. The van der Waals surface area contributed by atoms with Crippen LogP contribution in [0.5, 0.6) is 0 Å². The van der Waals surface area contributed by atoms with Crippen molar-refractivity contribution in [2.75, 3.05) is 19.3 Å². The molecule has 0 atom stereocenters. The van der Waals surface area contributed by atoms with E-state index >= 15 is 0 Å². The van der Waals surface area contributed by atoms with Crippen LogP contribution in [0, 0.1) is 10.1 Å². The summed E-state index contributed by atoms with van der Waals surface area (Å²) in [5.74, 6) is 0. The van der Waals surface area contributed by atoms with Crippen molar-refractivity contribution >= 4 is 11.8 Å². The van der Waals surface area contributed by atoms with E-state index < -0.39 is 0 Å². The Balaban J connectivity index is 2.58. The fourth-order valence-electron chi connectivity index (χ4n) is 1.47. The van der Waals surface area contributed by atoms with Crippen LogP contribution in [0.25, 0.3) is 0 Å². The van der Waals surface area contributed by atoms with E-state index in [0.29, 0.717) is 0 Å². The van der Waals surface area contributed by atoms with Crippen LogP contribution < -0.4 is 0 Å². The van der Waals surface area contributed by atoms with Crippen molar-refractivity contribution in [1.82, 2.24) is 4.90 Å². The van der Waals surface area contributed by atoms with Gasteiger partial charge in [-0.3, -0.25) is 10.1 Å². The van der Waals surface area contributed by atoms with Crippen LogP contribution in [0.4, 0.5) is 0 Å². The number of rotatable bonds is 3. The molecule has 13 heavy (non-hydrogen) atoms. The minimum absolute atomic E-state index is 0.375. The molecular formula is C8H14N2O2S. The van der Waals surface area contributed by atoms with Gasteiger partial charge < -0.3 is 4.90 Å². The topological polar surface area (TPSA) is 46.4 Å². The number of hydrogen-bond donors (Lipinski definition) is 0. The Morgan fingerprint density at radius 2 is 2.08 bits per heavy atom. The summed E-state index contributed by atoms with van der Waals surface area (Å²) >= 11 is 1.45. The van der Waals surface area contributed by atoms with Gasteiger partial charge in [0.05, 0.1) is 4.92 Å². The van der Waals surface area contributed by atoms with Gasteiger partial charge in [0, 0.05) is 13.1 Å². The molecule has 0 amide bonds. The van der Waals surface area contributed by atoms with Crippen molar-refractivity contribution in [2.24, 2.45) is 0 Å². The lowest BCUT2D eigenvalue weighted by Crippen LogP contribution is -2.28. The molecule has 0 N–H and O–H groups in total. The highest BCUT2D eigenvalue weighted by Gasteiger charge is 2.14. The van der Waals surface area contributed by atoms with Crippen molar-refractivity contribution in [3.63, 3.8) is 0 Å². The molecule has 0 aliphatic carbocycles. The number of hydrogen-bond acceptors (Lipinski definition) is 4. The van der Waals surface area contributed by atoms with Crippen LogP contribution in [-0.4, -0.2) is 29.2 Å². The summed E-state index contributed by atoms with van der Waals surface area (Å²) in [5, 5.41) is 11.1. The molecule has 0 unspecified atom stereocenters. The van der Waals surface area contributed by atoms with Gasteiger partial charge >= 0.3 is 0 Å². The first-order valence-corrected chi connectivity index (χ1v) is 5.61. The van der Waals surface area contributed by atoms with Crippen molar-refractivity contribution in [3.05, 3.63) is 21.3 Å². The average Bonchev–Trinajstić information content (AvgIpc) is 2.15. The molecule has 0 bridgehead atoms. The summed E-state index contributed by atoms with van der Waals surface area (Å²) < 4.78 is 0. The molecule has 0 aromatic carbocycles. The van der Waals surface area contributed by atoms with E-state index in [1.54, 1.807) is 0 Å². The third kappa shape index (κ3) is 3.26. The first kappa shape index (κ1) is 10.4. The standard InChI is InChI=1S/C8H14N2O2S/c1-13-8(7-10(11)12)9-5-3-2-4-6-9/h7H,2-6H2,1H3/b8-7-. The summed E-state index contributed by atoms with van der Waals surface area (Å²) in [7, 11) is 0. The Labute approximate surface area is 82.1 Å². The summed E-state index contributed by atoms with van der Waals surface area (Å²) in [6.07, 6.45) is 6.53. The average molecular weight is 202 g/mol. The summed E-state index contributed by atoms with van der Waals surface area (Å²) in [5.41, 5.74) is 0. The molecular weight excluding hydrogens is 188 g/mol. The molecule has 1 saturated heterocycles. The van der Waals surface area contributed by atoms with Gasteiger partial charge in [0.15, 0.2) is 0 Å². The van der Waals surface area contributed by atoms with Crippen molar-refractivity contribution in [2.45, 2.75) is 19.3 Å². The molecule has 1 fully saturated rings. The van der Waals surface area contributed by atoms with E-state index in [0.717, 1.165) is 37.2 Å². The first-order valence-electron chi connectivity index (χ1n) is 4.38. The lowest BCUT2D eigenvalue weighted by molar-refractivity contribution is -0.403. The predicted octanol–water partition coefficient (Wildman–Crippen LogP) is 1.91. The second-order valence-corrected chi connectivity index (χ2v) is 3.83. The number of nitro groups is 1.